The van der Waals surface area contributed by atoms with E-state index in [1.165, 1.54) is 0 Å². The van der Waals surface area contributed by atoms with Crippen molar-refractivity contribution < 1.29 is 134 Å². The molecule has 0 bridgehead atoms. The number of carboxylic acids is 1. The van der Waals surface area contributed by atoms with Gasteiger partial charge in [-0.05, 0) is 11.8 Å². The average Bonchev–Trinajstić information content (AvgIpc) is 2.89. The fourth-order valence-corrected chi connectivity index (χ4v) is 3.36. The van der Waals surface area contributed by atoms with E-state index in [4.69, 9.17) is 10.2 Å². The number of alkyl halides is 25. The van der Waals surface area contributed by atoms with Gasteiger partial charge in [-0.3, -0.25) is 9.59 Å². The summed E-state index contributed by atoms with van der Waals surface area (Å²) in [6, 6.07) is 0. The van der Waals surface area contributed by atoms with Crippen molar-refractivity contribution >= 4 is 28.0 Å². The number of carbonyl (C=O) groups excluding carboxylic acids is 2. The number of hydrogen-bond acceptors (Lipinski definition) is 5. The Kier molecular flexibility index (Phi) is 11.9. The zero-order valence-electron chi connectivity index (χ0n) is 21.5. The van der Waals surface area contributed by atoms with Gasteiger partial charge in [0.2, 0.25) is 11.2 Å². The quantitative estimate of drug-likeness (QED) is 0.131. The number of aliphatic carboxylic acids is 1. The Morgan fingerprint density at radius 3 is 0.939 bits per heavy atom. The number of thioether (sulfide) groups is 1. The minimum atomic E-state index is -9.72. The van der Waals surface area contributed by atoms with Crippen molar-refractivity contribution in [1.82, 2.24) is 0 Å². The van der Waals surface area contributed by atoms with Crippen LogP contribution < -0.4 is 0 Å². The van der Waals surface area contributed by atoms with E-state index in [9.17, 15) is 124 Å². The third-order valence-electron chi connectivity index (χ3n) is 5.68. The van der Waals surface area contributed by atoms with Crippen molar-refractivity contribution in [3.63, 3.8) is 0 Å². The molecule has 49 heavy (non-hydrogen) atoms. The summed E-state index contributed by atoms with van der Waals surface area (Å²) in [5, 5.41) is 12.3. The van der Waals surface area contributed by atoms with Crippen LogP contribution in [0.4, 0.5) is 110 Å². The van der Waals surface area contributed by atoms with Gasteiger partial charge in [0.25, 0.3) is 0 Å². The third-order valence-corrected chi connectivity index (χ3v) is 6.54. The molecule has 0 aromatic carbocycles. The van der Waals surface area contributed by atoms with Crippen LogP contribution in [0.3, 0.4) is 0 Å². The van der Waals surface area contributed by atoms with Crippen LogP contribution in [0.2, 0.25) is 0 Å². The first kappa shape index (κ1) is 46.4. The van der Waals surface area contributed by atoms with Gasteiger partial charge in [0.05, 0.1) is 0 Å². The zero-order chi connectivity index (χ0) is 40.4. The monoisotopic (exact) mass is 810 g/mol. The van der Waals surface area contributed by atoms with Crippen molar-refractivity contribution in [2.75, 3.05) is 0 Å². The van der Waals surface area contributed by atoms with Crippen molar-refractivity contribution in [2.24, 2.45) is 0 Å². The molecule has 0 aromatic rings. The van der Waals surface area contributed by atoms with Gasteiger partial charge in [-0.1, -0.05) is 0 Å². The number of aliphatic hydroxyl groups is 1. The van der Waals surface area contributed by atoms with Crippen molar-refractivity contribution in [3.8, 4) is 0 Å². The second-order valence-corrected chi connectivity index (χ2v) is 10.0. The number of halogens is 25. The first-order valence-corrected chi connectivity index (χ1v) is 11.6. The average molecular weight is 810 g/mol. The van der Waals surface area contributed by atoms with Crippen molar-refractivity contribution in [3.05, 3.63) is 0 Å². The van der Waals surface area contributed by atoms with Gasteiger partial charge < -0.3 is 10.2 Å². The number of carbonyl (C=O) groups is 3. The van der Waals surface area contributed by atoms with E-state index < -0.39 is 118 Å². The molecule has 0 aromatic heterocycles. The van der Waals surface area contributed by atoms with Crippen LogP contribution in [0.25, 0.3) is 0 Å². The lowest BCUT2D eigenvalue weighted by Crippen LogP contribution is -2.78. The Morgan fingerprint density at radius 2 is 0.694 bits per heavy atom. The van der Waals surface area contributed by atoms with Gasteiger partial charge >= 0.3 is 77.3 Å². The van der Waals surface area contributed by atoms with E-state index in [1.807, 2.05) is 0 Å². The number of rotatable bonds is 15. The molecule has 5 nitrogen and oxygen atoms in total. The molecule has 2 N–H and O–H groups in total. The minimum absolute atomic E-state index is 1.20. The fraction of sp³-hybridized carbons (Fsp3) is 0.833. The predicted molar refractivity (Wildman–Crippen MR) is 101 cm³/mol. The highest BCUT2D eigenvalue weighted by Crippen LogP contribution is 2.67. The molecular formula is C18H7F25O5S. The molecule has 1 atom stereocenters. The topological polar surface area (TPSA) is 91.7 Å². The van der Waals surface area contributed by atoms with Gasteiger partial charge in [-0.2, -0.15) is 110 Å². The van der Waals surface area contributed by atoms with Gasteiger partial charge in [0.15, 0.2) is 5.12 Å². The summed E-state index contributed by atoms with van der Waals surface area (Å²) in [5.41, 5.74) is 0. The molecule has 0 fully saturated rings. The largest absolute Gasteiger partial charge is 0.479 e. The summed E-state index contributed by atoms with van der Waals surface area (Å²) in [6.07, 6.45) is -17.4. The van der Waals surface area contributed by atoms with Crippen LogP contribution in [-0.4, -0.2) is 104 Å². The van der Waals surface area contributed by atoms with Gasteiger partial charge in [0.1, 0.15) is 0 Å². The molecule has 0 radical (unpaired) electrons. The first-order chi connectivity index (χ1) is 20.9. The third kappa shape index (κ3) is 6.52. The van der Waals surface area contributed by atoms with Gasteiger partial charge in [-0.15, -0.1) is 0 Å². The molecule has 1 unspecified atom stereocenters. The highest BCUT2D eigenvalue weighted by atomic mass is 32.2. The Balaban J connectivity index is 6.97. The summed E-state index contributed by atoms with van der Waals surface area (Å²) >= 11 is -1.20. The van der Waals surface area contributed by atoms with E-state index in [1.54, 1.807) is 0 Å². The van der Waals surface area contributed by atoms with E-state index in [-0.39, 0.29) is 0 Å². The zero-order valence-corrected chi connectivity index (χ0v) is 22.3. The van der Waals surface area contributed by atoms with E-state index in [0.717, 1.165) is 0 Å². The molecule has 31 heteroatoms. The molecule has 0 aliphatic heterocycles. The van der Waals surface area contributed by atoms with Crippen LogP contribution in [0.5, 0.6) is 0 Å². The molecular weight excluding hydrogens is 803 g/mol. The van der Waals surface area contributed by atoms with Crippen LogP contribution in [0.1, 0.15) is 12.8 Å². The lowest BCUT2D eigenvalue weighted by molar-refractivity contribution is -0.482. The summed E-state index contributed by atoms with van der Waals surface area (Å²) in [4.78, 5) is 32.7. The van der Waals surface area contributed by atoms with Crippen molar-refractivity contribution in [1.29, 1.82) is 0 Å². The molecule has 0 heterocycles. The number of aliphatic hydroxyl groups excluding tert-OH is 1. The molecule has 0 saturated heterocycles. The van der Waals surface area contributed by atoms with Crippen LogP contribution >= 0.6 is 11.8 Å². The molecule has 0 rings (SSSR count). The molecule has 0 aliphatic rings. The molecule has 290 valence electrons. The lowest BCUT2D eigenvalue weighted by Gasteiger charge is -2.45. The van der Waals surface area contributed by atoms with Crippen LogP contribution in [0.15, 0.2) is 0 Å². The summed E-state index contributed by atoms with van der Waals surface area (Å²) < 4.78 is 335. The van der Waals surface area contributed by atoms with Crippen molar-refractivity contribution in [2.45, 2.75) is 90.3 Å². The summed E-state index contributed by atoms with van der Waals surface area (Å²) in [5.74, 6) is -103. The number of carboxylic acid groups (broad SMARTS) is 1. The molecule has 0 spiro atoms. The maximum Gasteiger partial charge on any atom is 0.460 e. The van der Waals surface area contributed by atoms with Gasteiger partial charge in [0, 0.05) is 12.8 Å². The fourth-order valence-electron chi connectivity index (χ4n) is 2.72. The number of hydrogen-bond donors (Lipinski definition) is 2. The normalized spacial score (nSPS) is 16.4. The van der Waals surface area contributed by atoms with E-state index in [0.29, 0.717) is 0 Å². The molecule has 0 saturated carbocycles. The summed E-state index contributed by atoms with van der Waals surface area (Å²) in [6.45, 7) is 0. The van der Waals surface area contributed by atoms with Gasteiger partial charge in [-0.25, -0.2) is 4.79 Å². The molecule has 0 aliphatic carbocycles. The Morgan fingerprint density at radius 1 is 0.449 bits per heavy atom. The minimum Gasteiger partial charge on any atom is -0.479 e. The SMILES string of the molecule is O=C(CCC(F)(F)C(F)(F)C(F)(F)C(F)(F)C(F)(F)C(F)(F)C(F)(F)C(F)(F)C(F)(F)C(F)(F)C(F)(F)C(F)(F)F)SC(=O)C(O)C(=O)O. The van der Waals surface area contributed by atoms with Crippen LogP contribution in [-0.2, 0) is 14.4 Å². The summed E-state index contributed by atoms with van der Waals surface area (Å²) in [7, 11) is 0. The molecule has 0 amide bonds. The Labute approximate surface area is 253 Å². The second-order valence-electron chi connectivity index (χ2n) is 8.98. The Bertz CT molecular complexity index is 1270. The highest BCUT2D eigenvalue weighted by Gasteiger charge is 2.99. The maximum absolute atomic E-state index is 13.9. The smallest absolute Gasteiger partial charge is 0.460 e. The van der Waals surface area contributed by atoms with E-state index in [2.05, 4.69) is 0 Å². The maximum atomic E-state index is 13.9. The Hall–Kier alpha value is -2.63. The standard InChI is InChI=1S/C18H7F25O5S/c19-7(20,2-1-3(44)49-6(48)4(45)5(46)47)8(21,22)9(23,24)10(25,26)11(27,28)12(29,30)13(31,32)14(33,34)15(35,36)16(37,38)17(39,40)18(41,42)43/h4,45H,1-2H2,(H,46,47). The first-order valence-electron chi connectivity index (χ1n) is 10.8. The van der Waals surface area contributed by atoms with E-state index >= 15 is 0 Å². The predicted octanol–water partition coefficient (Wildman–Crippen LogP) is 7.55. The highest BCUT2D eigenvalue weighted by molar-refractivity contribution is 8.26. The lowest BCUT2D eigenvalue weighted by atomic mass is 9.84. The second kappa shape index (κ2) is 12.5. The van der Waals surface area contributed by atoms with Crippen LogP contribution in [0, 0.1) is 0 Å².